The fourth-order valence-electron chi connectivity index (χ4n) is 3.16. The van der Waals surface area contributed by atoms with Crippen LogP contribution in [0.25, 0.3) is 0 Å². The summed E-state index contributed by atoms with van der Waals surface area (Å²) in [4.78, 5) is 32.8. The lowest BCUT2D eigenvalue weighted by atomic mass is 9.99. The van der Waals surface area contributed by atoms with E-state index in [2.05, 4.69) is 10.2 Å². The van der Waals surface area contributed by atoms with Gasteiger partial charge in [0.25, 0.3) is 0 Å². The Morgan fingerprint density at radius 2 is 1.88 bits per heavy atom. The largest absolute Gasteiger partial charge is 0.479 e. The third-order valence-corrected chi connectivity index (χ3v) is 5.18. The SMILES string of the molecule is Cc1ccc(Nc2c(F)cccc2Cl)c(CC(=O)OOC2OC(C(=O)O)C(O)C(O)C2O)c1. The van der Waals surface area contributed by atoms with Crippen LogP contribution < -0.4 is 5.32 Å². The third-order valence-electron chi connectivity index (χ3n) is 4.87. The number of carbonyl (C=O) groups is 2. The number of benzene rings is 2. The van der Waals surface area contributed by atoms with Crippen LogP contribution in [0, 0.1) is 12.7 Å². The Kier molecular flexibility index (Phi) is 7.84. The van der Waals surface area contributed by atoms with Gasteiger partial charge in [-0.2, -0.15) is 0 Å². The normalized spacial score (nSPS) is 24.8. The second kappa shape index (κ2) is 10.4. The molecule has 33 heavy (non-hydrogen) atoms. The number of hydrogen-bond acceptors (Lipinski definition) is 9. The molecule has 2 aromatic carbocycles. The number of aryl methyl sites for hydroxylation is 1. The molecule has 2 aromatic rings. The lowest BCUT2D eigenvalue weighted by Gasteiger charge is -2.37. The van der Waals surface area contributed by atoms with Crippen LogP contribution in [0.3, 0.4) is 0 Å². The number of carboxylic acid groups (broad SMARTS) is 1. The summed E-state index contributed by atoms with van der Waals surface area (Å²) in [6.07, 6.45) is -9.86. The van der Waals surface area contributed by atoms with Gasteiger partial charge in [-0.25, -0.2) is 14.0 Å². The number of carbonyl (C=O) groups excluding carboxylic acids is 1. The maximum atomic E-state index is 14.1. The molecule has 1 heterocycles. The van der Waals surface area contributed by atoms with Gasteiger partial charge in [0, 0.05) is 5.69 Å². The molecule has 0 spiro atoms. The minimum Gasteiger partial charge on any atom is -0.479 e. The molecule has 0 bridgehead atoms. The summed E-state index contributed by atoms with van der Waals surface area (Å²) in [6, 6.07) is 9.15. The van der Waals surface area contributed by atoms with Gasteiger partial charge in [-0.1, -0.05) is 35.4 Å². The van der Waals surface area contributed by atoms with Gasteiger partial charge in [0.1, 0.15) is 24.1 Å². The molecule has 5 N–H and O–H groups in total. The summed E-state index contributed by atoms with van der Waals surface area (Å²) in [5, 5.41) is 41.3. The van der Waals surface area contributed by atoms with E-state index in [1.165, 1.54) is 18.2 Å². The number of nitrogens with one attached hydrogen (secondary N) is 1. The molecule has 0 saturated carbocycles. The Hall–Kier alpha value is -2.80. The van der Waals surface area contributed by atoms with Gasteiger partial charge in [-0.3, -0.25) is 4.89 Å². The molecule has 0 aliphatic carbocycles. The molecule has 178 valence electrons. The summed E-state index contributed by atoms with van der Waals surface area (Å²) in [5.74, 6) is -3.18. The smallest absolute Gasteiger partial charge is 0.346 e. The molecule has 12 heteroatoms. The average Bonchev–Trinajstić information content (AvgIpc) is 2.75. The van der Waals surface area contributed by atoms with Crippen molar-refractivity contribution in [2.45, 2.75) is 44.1 Å². The van der Waals surface area contributed by atoms with Crippen molar-refractivity contribution in [3.8, 4) is 0 Å². The average molecular weight is 486 g/mol. The van der Waals surface area contributed by atoms with Crippen LogP contribution >= 0.6 is 11.6 Å². The molecular formula is C21H21ClFNO9. The predicted octanol–water partition coefficient (Wildman–Crippen LogP) is 1.44. The number of rotatable bonds is 7. The number of carboxylic acids is 1. The molecular weight excluding hydrogens is 465 g/mol. The van der Waals surface area contributed by atoms with Gasteiger partial charge >= 0.3 is 11.9 Å². The predicted molar refractivity (Wildman–Crippen MR) is 111 cm³/mol. The first-order valence-electron chi connectivity index (χ1n) is 9.67. The van der Waals surface area contributed by atoms with Crippen LogP contribution in [-0.2, 0) is 30.5 Å². The molecule has 0 amide bonds. The van der Waals surface area contributed by atoms with Crippen molar-refractivity contribution in [3.05, 3.63) is 58.4 Å². The third kappa shape index (κ3) is 5.77. The highest BCUT2D eigenvalue weighted by atomic mass is 35.5. The molecule has 0 aromatic heterocycles. The van der Waals surface area contributed by atoms with Crippen molar-refractivity contribution in [1.29, 1.82) is 0 Å². The highest BCUT2D eigenvalue weighted by molar-refractivity contribution is 6.33. The van der Waals surface area contributed by atoms with Crippen LogP contribution in [-0.4, -0.2) is 63.1 Å². The lowest BCUT2D eigenvalue weighted by molar-refractivity contribution is -0.400. The maximum Gasteiger partial charge on any atom is 0.346 e. The second-order valence-electron chi connectivity index (χ2n) is 7.35. The number of para-hydroxylation sites is 1. The van der Waals surface area contributed by atoms with Crippen molar-refractivity contribution >= 4 is 34.9 Å². The lowest BCUT2D eigenvalue weighted by Crippen LogP contribution is -2.60. The quantitative estimate of drug-likeness (QED) is 0.287. The number of aliphatic carboxylic acids is 1. The number of aliphatic hydroxyl groups excluding tert-OH is 3. The van der Waals surface area contributed by atoms with E-state index in [9.17, 15) is 29.3 Å². The minimum absolute atomic E-state index is 0.0138. The zero-order valence-electron chi connectivity index (χ0n) is 17.1. The Morgan fingerprint density at radius 3 is 2.55 bits per heavy atom. The van der Waals surface area contributed by atoms with Crippen LogP contribution in [0.4, 0.5) is 15.8 Å². The summed E-state index contributed by atoms with van der Waals surface area (Å²) >= 11 is 6.04. The van der Waals surface area contributed by atoms with Crippen LogP contribution in [0.1, 0.15) is 11.1 Å². The monoisotopic (exact) mass is 485 g/mol. The Morgan fingerprint density at radius 1 is 1.15 bits per heavy atom. The number of anilines is 2. The van der Waals surface area contributed by atoms with Crippen molar-refractivity contribution in [1.82, 2.24) is 0 Å². The van der Waals surface area contributed by atoms with Gasteiger partial charge in [0.2, 0.25) is 6.29 Å². The molecule has 1 aliphatic rings. The highest BCUT2D eigenvalue weighted by Gasteiger charge is 2.48. The summed E-state index contributed by atoms with van der Waals surface area (Å²) in [6.45, 7) is 1.77. The fraction of sp³-hybridized carbons (Fsp3) is 0.333. The highest BCUT2D eigenvalue weighted by Crippen LogP contribution is 2.30. The maximum absolute atomic E-state index is 14.1. The zero-order valence-corrected chi connectivity index (χ0v) is 17.9. The first kappa shape index (κ1) is 24.8. The Bertz CT molecular complexity index is 1020. The molecule has 1 saturated heterocycles. The van der Waals surface area contributed by atoms with E-state index in [1.54, 1.807) is 25.1 Å². The van der Waals surface area contributed by atoms with Gasteiger partial charge < -0.3 is 30.5 Å². The van der Waals surface area contributed by atoms with Gasteiger partial charge in [-0.15, -0.1) is 4.89 Å². The first-order valence-corrected chi connectivity index (χ1v) is 10.1. The summed E-state index contributed by atoms with van der Waals surface area (Å²) < 4.78 is 19.0. The molecule has 1 fully saturated rings. The summed E-state index contributed by atoms with van der Waals surface area (Å²) in [5.41, 5.74) is 1.56. The number of ether oxygens (including phenoxy) is 1. The van der Waals surface area contributed by atoms with Crippen molar-refractivity contribution in [2.24, 2.45) is 0 Å². The second-order valence-corrected chi connectivity index (χ2v) is 7.75. The van der Waals surface area contributed by atoms with E-state index in [-0.39, 0.29) is 17.1 Å². The summed E-state index contributed by atoms with van der Waals surface area (Å²) in [7, 11) is 0. The van der Waals surface area contributed by atoms with E-state index in [0.717, 1.165) is 5.56 Å². The molecule has 1 aliphatic heterocycles. The molecule has 0 radical (unpaired) electrons. The standard InChI is InChI=1S/C21H21ClFNO9/c1-9-5-6-13(24-15-11(22)3-2-4-12(15)23)10(7-9)8-14(25)32-33-21-18(28)16(26)17(27)19(31-21)20(29)30/h2-7,16-19,21,24,26-28H,8H2,1H3,(H,29,30). The van der Waals surface area contributed by atoms with E-state index in [4.69, 9.17) is 26.3 Å². The van der Waals surface area contributed by atoms with Crippen molar-refractivity contribution in [3.63, 3.8) is 0 Å². The van der Waals surface area contributed by atoms with E-state index < -0.39 is 48.5 Å². The Balaban J connectivity index is 1.69. The van der Waals surface area contributed by atoms with Gasteiger partial charge in [0.15, 0.2) is 6.10 Å². The van der Waals surface area contributed by atoms with E-state index in [0.29, 0.717) is 11.3 Å². The number of halogens is 2. The Labute approximate surface area is 192 Å². The van der Waals surface area contributed by atoms with E-state index in [1.807, 2.05) is 0 Å². The van der Waals surface area contributed by atoms with Crippen LogP contribution in [0.15, 0.2) is 36.4 Å². The molecule has 5 unspecified atom stereocenters. The van der Waals surface area contributed by atoms with Crippen molar-refractivity contribution in [2.75, 3.05) is 5.32 Å². The molecule has 3 rings (SSSR count). The number of hydrogen-bond donors (Lipinski definition) is 5. The number of aliphatic hydroxyl groups is 3. The molecule has 5 atom stereocenters. The zero-order chi connectivity index (χ0) is 24.3. The molecule has 10 nitrogen and oxygen atoms in total. The van der Waals surface area contributed by atoms with Crippen LogP contribution in [0.2, 0.25) is 5.02 Å². The minimum atomic E-state index is -1.92. The fourth-order valence-corrected chi connectivity index (χ4v) is 3.37. The van der Waals surface area contributed by atoms with Crippen LogP contribution in [0.5, 0.6) is 0 Å². The van der Waals surface area contributed by atoms with E-state index >= 15 is 0 Å². The van der Waals surface area contributed by atoms with Gasteiger partial charge in [0.05, 0.1) is 17.1 Å². The first-order chi connectivity index (χ1) is 15.6. The van der Waals surface area contributed by atoms with Crippen molar-refractivity contribution < 1.29 is 48.9 Å². The topological polar surface area (TPSA) is 155 Å². The van der Waals surface area contributed by atoms with Gasteiger partial charge in [-0.05, 0) is 30.7 Å².